The smallest absolute Gasteiger partial charge is 0.145 e. The molecular weight excluding hydrogens is 496 g/mol. The minimum atomic E-state index is 0.950. The lowest BCUT2D eigenvalue weighted by Gasteiger charge is -2.16. The van der Waals surface area contributed by atoms with Gasteiger partial charge in [-0.2, -0.15) is 0 Å². The van der Waals surface area contributed by atoms with E-state index < -0.39 is 0 Å². The van der Waals surface area contributed by atoms with E-state index in [0.717, 1.165) is 28.1 Å². The number of rotatable bonds is 3. The van der Waals surface area contributed by atoms with Crippen molar-refractivity contribution < 1.29 is 0 Å². The summed E-state index contributed by atoms with van der Waals surface area (Å²) in [7, 11) is 0. The minimum absolute atomic E-state index is 0.950. The SMILES string of the molecule is c1ccc(-c2nc3cc(-c4ccc5c6cccc7cccc(c8cccc4c85)c76)ccc3n2-c2ccccc2)cc1. The maximum absolute atomic E-state index is 5.21. The van der Waals surface area contributed by atoms with Gasteiger partial charge in [0.25, 0.3) is 0 Å². The summed E-state index contributed by atoms with van der Waals surface area (Å²) in [5, 5.41) is 10.5. The molecule has 0 spiro atoms. The Hall–Kier alpha value is -5.47. The Morgan fingerprint density at radius 3 is 1.83 bits per heavy atom. The zero-order valence-electron chi connectivity index (χ0n) is 22.3. The summed E-state index contributed by atoms with van der Waals surface area (Å²) in [6.45, 7) is 0. The van der Waals surface area contributed by atoms with Crippen molar-refractivity contribution in [1.29, 1.82) is 0 Å². The number of aromatic nitrogens is 2. The van der Waals surface area contributed by atoms with Crippen molar-refractivity contribution in [2.24, 2.45) is 0 Å². The molecule has 0 aliphatic heterocycles. The number of imidazole rings is 1. The lowest BCUT2D eigenvalue weighted by molar-refractivity contribution is 1.10. The second-order valence-electron chi connectivity index (χ2n) is 10.8. The van der Waals surface area contributed by atoms with E-state index in [2.05, 4.69) is 144 Å². The molecular formula is C39H24N2. The summed E-state index contributed by atoms with van der Waals surface area (Å²) in [5.41, 5.74) is 6.70. The van der Waals surface area contributed by atoms with Crippen molar-refractivity contribution in [3.63, 3.8) is 0 Å². The van der Waals surface area contributed by atoms with Gasteiger partial charge >= 0.3 is 0 Å². The van der Waals surface area contributed by atoms with E-state index in [-0.39, 0.29) is 0 Å². The van der Waals surface area contributed by atoms with Gasteiger partial charge < -0.3 is 0 Å². The van der Waals surface area contributed by atoms with Crippen molar-refractivity contribution >= 4 is 54.1 Å². The van der Waals surface area contributed by atoms with Crippen LogP contribution in [0.5, 0.6) is 0 Å². The third kappa shape index (κ3) is 3.22. The van der Waals surface area contributed by atoms with Crippen LogP contribution >= 0.6 is 0 Å². The van der Waals surface area contributed by atoms with Crippen LogP contribution in [0.4, 0.5) is 0 Å². The van der Waals surface area contributed by atoms with Crippen LogP contribution < -0.4 is 0 Å². The Balaban J connectivity index is 1.32. The molecule has 0 atom stereocenters. The number of fused-ring (bicyclic) bond motifs is 3. The van der Waals surface area contributed by atoms with Crippen LogP contribution in [0.3, 0.4) is 0 Å². The van der Waals surface area contributed by atoms with Crippen LogP contribution in [0.15, 0.2) is 146 Å². The topological polar surface area (TPSA) is 17.8 Å². The van der Waals surface area contributed by atoms with E-state index in [1.54, 1.807) is 0 Å². The minimum Gasteiger partial charge on any atom is -0.292 e. The van der Waals surface area contributed by atoms with Crippen molar-refractivity contribution in [3.05, 3.63) is 146 Å². The van der Waals surface area contributed by atoms with E-state index in [1.807, 2.05) is 6.07 Å². The molecule has 1 heterocycles. The second kappa shape index (κ2) is 8.51. The summed E-state index contributed by atoms with van der Waals surface area (Å²) in [4.78, 5) is 5.21. The first kappa shape index (κ1) is 22.4. The highest BCUT2D eigenvalue weighted by molar-refractivity contribution is 6.34. The monoisotopic (exact) mass is 520 g/mol. The van der Waals surface area contributed by atoms with Crippen molar-refractivity contribution in [3.8, 4) is 28.2 Å². The van der Waals surface area contributed by atoms with Crippen LogP contribution in [0.1, 0.15) is 0 Å². The quantitative estimate of drug-likeness (QED) is 0.167. The normalized spacial score (nSPS) is 11.9. The molecule has 1 aromatic heterocycles. The van der Waals surface area contributed by atoms with Crippen LogP contribution in [0, 0.1) is 0 Å². The Labute approximate surface area is 237 Å². The molecule has 2 heteroatoms. The van der Waals surface area contributed by atoms with Crippen LogP contribution in [-0.2, 0) is 0 Å². The third-order valence-corrected chi connectivity index (χ3v) is 8.54. The lowest BCUT2D eigenvalue weighted by atomic mass is 9.87. The van der Waals surface area contributed by atoms with E-state index in [4.69, 9.17) is 4.98 Å². The standard InChI is InChI=1S/C39H24N2/c1-3-10-26(11-4-1)39-40-35-24-27(20-23-36(35)41(39)28-14-5-2-6-15-28)29-21-22-34-32-17-8-13-25-12-7-16-31(37(25)32)33-19-9-18-30(29)38(33)34/h1-24H. The molecule has 0 fully saturated rings. The molecule has 0 unspecified atom stereocenters. The third-order valence-electron chi connectivity index (χ3n) is 8.54. The van der Waals surface area contributed by atoms with Gasteiger partial charge in [-0.1, -0.05) is 121 Å². The fourth-order valence-electron chi connectivity index (χ4n) is 6.76. The van der Waals surface area contributed by atoms with Crippen molar-refractivity contribution in [2.75, 3.05) is 0 Å². The second-order valence-corrected chi connectivity index (χ2v) is 10.8. The molecule has 0 amide bonds. The predicted molar refractivity (Wildman–Crippen MR) is 173 cm³/mol. The highest BCUT2D eigenvalue weighted by Crippen LogP contribution is 2.43. The first-order chi connectivity index (χ1) is 20.3. The van der Waals surface area contributed by atoms with Gasteiger partial charge in [0, 0.05) is 11.3 Å². The van der Waals surface area contributed by atoms with Crippen LogP contribution in [-0.4, -0.2) is 9.55 Å². The van der Waals surface area contributed by atoms with Gasteiger partial charge in [-0.05, 0) is 78.5 Å². The lowest BCUT2D eigenvalue weighted by Crippen LogP contribution is -1.97. The maximum atomic E-state index is 5.21. The molecule has 2 nitrogen and oxygen atoms in total. The van der Waals surface area contributed by atoms with E-state index in [9.17, 15) is 0 Å². The van der Waals surface area contributed by atoms with Gasteiger partial charge in [0.15, 0.2) is 0 Å². The molecule has 0 bridgehead atoms. The number of hydrogen-bond donors (Lipinski definition) is 0. The van der Waals surface area contributed by atoms with E-state index in [0.29, 0.717) is 0 Å². The van der Waals surface area contributed by atoms with Crippen molar-refractivity contribution in [1.82, 2.24) is 9.55 Å². The average Bonchev–Trinajstić information content (AvgIpc) is 3.43. The van der Waals surface area contributed by atoms with Gasteiger partial charge in [-0.15, -0.1) is 0 Å². The highest BCUT2D eigenvalue weighted by Gasteiger charge is 2.18. The first-order valence-electron chi connectivity index (χ1n) is 14.1. The van der Waals surface area contributed by atoms with Crippen LogP contribution in [0.2, 0.25) is 0 Å². The molecule has 41 heavy (non-hydrogen) atoms. The number of benzene rings is 8. The fourth-order valence-corrected chi connectivity index (χ4v) is 6.76. The molecule has 0 saturated heterocycles. The van der Waals surface area contributed by atoms with Gasteiger partial charge in [-0.3, -0.25) is 4.57 Å². The molecule has 8 aromatic carbocycles. The molecule has 9 rings (SSSR count). The molecule has 9 aromatic rings. The van der Waals surface area contributed by atoms with E-state index in [1.165, 1.54) is 54.2 Å². The molecule has 0 aliphatic rings. The Morgan fingerprint density at radius 2 is 1.07 bits per heavy atom. The largest absolute Gasteiger partial charge is 0.292 e. The Kier molecular flexibility index (Phi) is 4.64. The zero-order valence-corrected chi connectivity index (χ0v) is 22.3. The van der Waals surface area contributed by atoms with Gasteiger partial charge in [0.05, 0.1) is 11.0 Å². The summed E-state index contributed by atoms with van der Waals surface area (Å²) in [5.74, 6) is 0.950. The molecule has 0 aliphatic carbocycles. The molecule has 0 radical (unpaired) electrons. The van der Waals surface area contributed by atoms with Crippen molar-refractivity contribution in [2.45, 2.75) is 0 Å². The molecule has 0 N–H and O–H groups in total. The molecule has 190 valence electrons. The number of hydrogen-bond acceptors (Lipinski definition) is 1. The Bertz CT molecular complexity index is 2350. The van der Waals surface area contributed by atoms with Crippen LogP contribution in [0.25, 0.3) is 82.3 Å². The highest BCUT2D eigenvalue weighted by atomic mass is 15.1. The predicted octanol–water partition coefficient (Wildman–Crippen LogP) is 10.4. The number of para-hydroxylation sites is 1. The zero-order chi connectivity index (χ0) is 26.9. The van der Waals surface area contributed by atoms with Gasteiger partial charge in [0.2, 0.25) is 0 Å². The fraction of sp³-hybridized carbons (Fsp3) is 0. The summed E-state index contributed by atoms with van der Waals surface area (Å²) in [6, 6.07) is 52.4. The maximum Gasteiger partial charge on any atom is 0.145 e. The first-order valence-corrected chi connectivity index (χ1v) is 14.1. The van der Waals surface area contributed by atoms with E-state index >= 15 is 0 Å². The van der Waals surface area contributed by atoms with Gasteiger partial charge in [-0.25, -0.2) is 4.98 Å². The summed E-state index contributed by atoms with van der Waals surface area (Å²) >= 11 is 0. The van der Waals surface area contributed by atoms with Gasteiger partial charge in [0.1, 0.15) is 5.82 Å². The summed E-state index contributed by atoms with van der Waals surface area (Å²) in [6.07, 6.45) is 0. The Morgan fingerprint density at radius 1 is 0.439 bits per heavy atom. The average molecular weight is 521 g/mol. The summed E-state index contributed by atoms with van der Waals surface area (Å²) < 4.78 is 2.27. The number of nitrogens with zero attached hydrogens (tertiary/aromatic N) is 2. The molecule has 0 saturated carbocycles.